The van der Waals surface area contributed by atoms with Crippen LogP contribution in [0.3, 0.4) is 0 Å². The summed E-state index contributed by atoms with van der Waals surface area (Å²) >= 11 is 0. The van der Waals surface area contributed by atoms with E-state index in [1.807, 2.05) is 0 Å². The maximum absolute atomic E-state index is 12.9. The molecule has 4 heteroatoms. The van der Waals surface area contributed by atoms with Crippen LogP contribution in [0.15, 0.2) is 0 Å². The topological polar surface area (TPSA) is 70.1 Å². The van der Waals surface area contributed by atoms with Gasteiger partial charge in [-0.15, -0.1) is 0 Å². The lowest BCUT2D eigenvalue weighted by molar-refractivity contribution is -0.245. The van der Waals surface area contributed by atoms with Gasteiger partial charge in [0.1, 0.15) is 5.60 Å². The van der Waals surface area contributed by atoms with Gasteiger partial charge in [-0.1, -0.05) is 48.5 Å². The van der Waals surface area contributed by atoms with Crippen LogP contribution in [-0.4, -0.2) is 34.0 Å². The second kappa shape index (κ2) is 6.44. The molecule has 0 amide bonds. The number of hydrogen-bond donors (Lipinski definition) is 2. The van der Waals surface area contributed by atoms with Gasteiger partial charge in [0.25, 0.3) is 0 Å². The van der Waals surface area contributed by atoms with Gasteiger partial charge < -0.3 is 14.9 Å². The quantitative estimate of drug-likeness (QED) is 0.431. The van der Waals surface area contributed by atoms with Gasteiger partial charge in [0, 0.05) is 11.3 Å². The molecule has 5 aliphatic carbocycles. The lowest BCUT2D eigenvalue weighted by atomic mass is 9.31. The van der Waals surface area contributed by atoms with Crippen LogP contribution in [0.1, 0.15) is 113 Å². The molecular weight excluding hydrogens is 424 g/mol. The van der Waals surface area contributed by atoms with Crippen LogP contribution in [-0.2, 0) is 9.53 Å². The molecule has 0 unspecified atom stereocenters. The summed E-state index contributed by atoms with van der Waals surface area (Å²) in [7, 11) is 0. The molecule has 5 saturated carbocycles. The van der Waals surface area contributed by atoms with Crippen LogP contribution in [0.2, 0.25) is 0 Å². The Labute approximate surface area is 206 Å². The average Bonchev–Trinajstić information content (AvgIpc) is 3.47. The molecule has 6 fully saturated rings. The summed E-state index contributed by atoms with van der Waals surface area (Å²) in [5.74, 6) is 0.666. The van der Waals surface area contributed by atoms with Crippen LogP contribution in [0.5, 0.6) is 0 Å². The van der Waals surface area contributed by atoms with Gasteiger partial charge in [-0.25, -0.2) is 0 Å². The van der Waals surface area contributed by atoms with Gasteiger partial charge in [0.05, 0.1) is 17.6 Å². The SMILES string of the molecule is CC1(C)CC[C@]2(C(=O)O)CC[C@]3(C)[C@]4(O[C@H]4C[C@@H]4[C@@]5(C)CC[C@H](O)C(C)(C)[C@@H]5CC[C@]43C)[C@@H]2C1. The average molecular weight is 473 g/mol. The first-order chi connectivity index (χ1) is 15.6. The zero-order valence-electron chi connectivity index (χ0n) is 22.7. The summed E-state index contributed by atoms with van der Waals surface area (Å²) in [5, 5.41) is 21.5. The molecule has 1 spiro atoms. The molecule has 0 bridgehead atoms. The van der Waals surface area contributed by atoms with Gasteiger partial charge in [-0.3, -0.25) is 4.79 Å². The van der Waals surface area contributed by atoms with Gasteiger partial charge >= 0.3 is 5.97 Å². The van der Waals surface area contributed by atoms with Gasteiger partial charge in [0.15, 0.2) is 0 Å². The summed E-state index contributed by atoms with van der Waals surface area (Å²) in [6, 6.07) is 0. The molecular formula is C30H48O4. The Kier molecular flexibility index (Phi) is 4.50. The van der Waals surface area contributed by atoms with E-state index in [9.17, 15) is 15.0 Å². The predicted octanol–water partition coefficient (Wildman–Crippen LogP) is 6.44. The summed E-state index contributed by atoms with van der Waals surface area (Å²) < 4.78 is 6.95. The third-order valence-electron chi connectivity index (χ3n) is 14.0. The Balaban J connectivity index is 1.45. The van der Waals surface area contributed by atoms with Gasteiger partial charge in [0.2, 0.25) is 0 Å². The van der Waals surface area contributed by atoms with Crippen molar-refractivity contribution in [1.82, 2.24) is 0 Å². The van der Waals surface area contributed by atoms with Gasteiger partial charge in [-0.2, -0.15) is 0 Å². The number of aliphatic carboxylic acids is 1. The molecule has 10 atom stereocenters. The van der Waals surface area contributed by atoms with Crippen LogP contribution >= 0.6 is 0 Å². The Hall–Kier alpha value is -0.610. The molecule has 6 aliphatic rings. The van der Waals surface area contributed by atoms with E-state index in [-0.39, 0.29) is 50.8 Å². The van der Waals surface area contributed by atoms with E-state index in [0.29, 0.717) is 11.8 Å². The van der Waals surface area contributed by atoms with E-state index < -0.39 is 11.4 Å². The van der Waals surface area contributed by atoms with E-state index >= 15 is 0 Å². The number of aliphatic hydroxyl groups is 1. The third kappa shape index (κ3) is 2.42. The van der Waals surface area contributed by atoms with E-state index in [4.69, 9.17) is 4.74 Å². The number of carbonyl (C=O) groups is 1. The number of aliphatic hydroxyl groups excluding tert-OH is 1. The molecule has 2 N–H and O–H groups in total. The minimum Gasteiger partial charge on any atom is -0.481 e. The van der Waals surface area contributed by atoms with Crippen LogP contribution < -0.4 is 0 Å². The fourth-order valence-corrected chi connectivity index (χ4v) is 11.8. The van der Waals surface area contributed by atoms with Crippen molar-refractivity contribution in [2.24, 2.45) is 50.2 Å². The largest absolute Gasteiger partial charge is 0.481 e. The number of hydrogen-bond acceptors (Lipinski definition) is 3. The maximum atomic E-state index is 12.9. The van der Waals surface area contributed by atoms with Crippen molar-refractivity contribution in [1.29, 1.82) is 0 Å². The fourth-order valence-electron chi connectivity index (χ4n) is 11.8. The normalized spacial score (nSPS) is 58.9. The highest BCUT2D eigenvalue weighted by Crippen LogP contribution is 2.83. The minimum atomic E-state index is -0.606. The molecule has 1 saturated heterocycles. The molecule has 0 aromatic rings. The number of epoxide rings is 1. The first kappa shape index (κ1) is 23.8. The van der Waals surface area contributed by atoms with Crippen molar-refractivity contribution in [3.8, 4) is 0 Å². The molecule has 192 valence electrons. The summed E-state index contributed by atoms with van der Waals surface area (Å²) in [6.45, 7) is 16.9. The molecule has 1 aliphatic heterocycles. The molecule has 0 aromatic carbocycles. The summed E-state index contributed by atoms with van der Waals surface area (Å²) in [5.41, 5.74) is -0.367. The summed E-state index contributed by atoms with van der Waals surface area (Å²) in [4.78, 5) is 12.9. The molecule has 0 aromatic heterocycles. The molecule has 34 heavy (non-hydrogen) atoms. The van der Waals surface area contributed by atoms with Gasteiger partial charge in [-0.05, 0) is 97.7 Å². The smallest absolute Gasteiger partial charge is 0.310 e. The van der Waals surface area contributed by atoms with E-state index in [1.165, 1.54) is 12.8 Å². The van der Waals surface area contributed by atoms with Crippen molar-refractivity contribution in [2.75, 3.05) is 0 Å². The van der Waals surface area contributed by atoms with Crippen molar-refractivity contribution in [2.45, 2.75) is 130 Å². The highest BCUT2D eigenvalue weighted by molar-refractivity contribution is 5.76. The second-order valence-corrected chi connectivity index (χ2v) is 15.8. The summed E-state index contributed by atoms with van der Waals surface area (Å²) in [6.07, 6.45) is 10.0. The Morgan fingerprint density at radius 3 is 2.18 bits per heavy atom. The Morgan fingerprint density at radius 2 is 1.50 bits per heavy atom. The standard InChI is InChI=1S/C30H48O4/c1-24(2)12-14-29(23(32)33)15-13-28(7)27(6)11-8-18-25(3,4)21(31)9-10-26(18,5)19(27)16-22-30(28,34-22)20(29)17-24/h18-22,31H,8-17H2,1-7H3,(H,32,33)/t18-,19+,20+,21-,22-,26-,27+,28-,29-,30-/m0/s1. The molecule has 0 radical (unpaired) electrons. The number of rotatable bonds is 1. The van der Waals surface area contributed by atoms with Crippen LogP contribution in [0.4, 0.5) is 0 Å². The third-order valence-corrected chi connectivity index (χ3v) is 14.0. The molecule has 1 heterocycles. The second-order valence-electron chi connectivity index (χ2n) is 15.8. The Bertz CT molecular complexity index is 925. The van der Waals surface area contributed by atoms with E-state index in [1.54, 1.807) is 0 Å². The van der Waals surface area contributed by atoms with Crippen molar-refractivity contribution in [3.63, 3.8) is 0 Å². The maximum Gasteiger partial charge on any atom is 0.310 e. The van der Waals surface area contributed by atoms with Crippen molar-refractivity contribution in [3.05, 3.63) is 0 Å². The minimum absolute atomic E-state index is 0.0127. The monoisotopic (exact) mass is 472 g/mol. The van der Waals surface area contributed by atoms with Crippen LogP contribution in [0.25, 0.3) is 0 Å². The number of ether oxygens (including phenoxy) is 1. The molecule has 6 rings (SSSR count). The van der Waals surface area contributed by atoms with E-state index in [0.717, 1.165) is 51.4 Å². The van der Waals surface area contributed by atoms with Crippen molar-refractivity contribution < 1.29 is 19.7 Å². The van der Waals surface area contributed by atoms with E-state index in [2.05, 4.69) is 48.5 Å². The van der Waals surface area contributed by atoms with Crippen molar-refractivity contribution >= 4 is 5.97 Å². The van der Waals surface area contributed by atoms with Crippen LogP contribution in [0, 0.1) is 50.2 Å². The number of carboxylic acid groups (broad SMARTS) is 1. The predicted molar refractivity (Wildman–Crippen MR) is 132 cm³/mol. The fraction of sp³-hybridized carbons (Fsp3) is 0.967. The number of carboxylic acids is 1. The highest BCUT2D eigenvalue weighted by atomic mass is 16.6. The first-order valence-corrected chi connectivity index (χ1v) is 14.2. The lowest BCUT2D eigenvalue weighted by Gasteiger charge is -2.72. The highest BCUT2D eigenvalue weighted by Gasteiger charge is 2.85. The lowest BCUT2D eigenvalue weighted by Crippen LogP contribution is -2.71. The zero-order chi connectivity index (χ0) is 24.7. The Morgan fingerprint density at radius 1 is 0.824 bits per heavy atom. The zero-order valence-corrected chi connectivity index (χ0v) is 22.7. The number of fused-ring (bicyclic) bond motifs is 5. The first-order valence-electron chi connectivity index (χ1n) is 14.2. The molecule has 4 nitrogen and oxygen atoms in total.